The van der Waals surface area contributed by atoms with E-state index in [4.69, 9.17) is 4.74 Å². The highest BCUT2D eigenvalue weighted by molar-refractivity contribution is 5.36. The molecule has 1 N–H and O–H groups in total. The second-order valence-electron chi connectivity index (χ2n) is 5.32. The van der Waals surface area contributed by atoms with Crippen molar-refractivity contribution in [1.82, 2.24) is 5.32 Å². The number of benzene rings is 1. The zero-order valence-corrected chi connectivity index (χ0v) is 11.6. The molecule has 0 bridgehead atoms. The van der Waals surface area contributed by atoms with Gasteiger partial charge in [-0.3, -0.25) is 0 Å². The summed E-state index contributed by atoms with van der Waals surface area (Å²) in [5.41, 5.74) is 0.903. The van der Waals surface area contributed by atoms with Crippen LogP contribution < -0.4 is 5.32 Å². The number of nitrogens with zero attached hydrogens (tertiary/aromatic N) is 1. The molecular weight excluding hydrogens is 236 g/mol. The topological polar surface area (TPSA) is 45.0 Å². The molecule has 3 heteroatoms. The molecule has 3 nitrogen and oxygen atoms in total. The third-order valence-corrected chi connectivity index (χ3v) is 3.94. The lowest BCUT2D eigenvalue weighted by molar-refractivity contribution is 0.188. The van der Waals surface area contributed by atoms with Crippen molar-refractivity contribution in [3.63, 3.8) is 0 Å². The Labute approximate surface area is 115 Å². The zero-order chi connectivity index (χ0) is 13.6. The summed E-state index contributed by atoms with van der Waals surface area (Å²) in [6.07, 6.45) is 4.09. The van der Waals surface area contributed by atoms with E-state index in [0.29, 0.717) is 6.04 Å². The zero-order valence-electron chi connectivity index (χ0n) is 11.6. The van der Waals surface area contributed by atoms with Crippen LogP contribution in [0.5, 0.6) is 0 Å². The summed E-state index contributed by atoms with van der Waals surface area (Å²) in [5.74, 6) is 0. The standard InChI is InChI=1S/C16H22N2O/c1-19-10-6-5-9-18-15-11-16(12-15,13-17)14-7-3-2-4-8-14/h2-4,7-8,15,18H,5-6,9-12H2,1H3. The van der Waals surface area contributed by atoms with Crippen LogP contribution >= 0.6 is 0 Å². The quantitative estimate of drug-likeness (QED) is 0.765. The van der Waals surface area contributed by atoms with Gasteiger partial charge in [0.15, 0.2) is 0 Å². The SMILES string of the molecule is COCCCCNC1CC(C#N)(c2ccccc2)C1. The maximum atomic E-state index is 9.45. The molecule has 0 aromatic heterocycles. The maximum Gasteiger partial charge on any atom is 0.0852 e. The fourth-order valence-electron chi connectivity index (χ4n) is 2.75. The van der Waals surface area contributed by atoms with E-state index in [0.717, 1.165) is 44.4 Å². The lowest BCUT2D eigenvalue weighted by atomic mass is 9.62. The summed E-state index contributed by atoms with van der Waals surface area (Å²) in [4.78, 5) is 0. The predicted octanol–water partition coefficient (Wildman–Crippen LogP) is 2.63. The summed E-state index contributed by atoms with van der Waals surface area (Å²) in [6.45, 7) is 1.85. The van der Waals surface area contributed by atoms with Crippen LogP contribution in [0.1, 0.15) is 31.2 Å². The van der Waals surface area contributed by atoms with Gasteiger partial charge in [0, 0.05) is 19.8 Å². The Hall–Kier alpha value is -1.37. The molecule has 19 heavy (non-hydrogen) atoms. The van der Waals surface area contributed by atoms with E-state index in [1.165, 1.54) is 0 Å². The van der Waals surface area contributed by atoms with Crippen LogP contribution in [-0.4, -0.2) is 26.3 Å². The van der Waals surface area contributed by atoms with Crippen molar-refractivity contribution in [2.75, 3.05) is 20.3 Å². The van der Waals surface area contributed by atoms with Crippen molar-refractivity contribution in [1.29, 1.82) is 5.26 Å². The van der Waals surface area contributed by atoms with E-state index >= 15 is 0 Å². The molecule has 102 valence electrons. The lowest BCUT2D eigenvalue weighted by Crippen LogP contribution is -2.51. The third kappa shape index (κ3) is 3.34. The molecule has 2 rings (SSSR count). The van der Waals surface area contributed by atoms with E-state index in [9.17, 15) is 5.26 Å². The molecule has 0 saturated heterocycles. The van der Waals surface area contributed by atoms with Gasteiger partial charge in [0.25, 0.3) is 0 Å². The Balaban J connectivity index is 1.76. The van der Waals surface area contributed by atoms with E-state index in [1.54, 1.807) is 7.11 Å². The number of hydrogen-bond donors (Lipinski definition) is 1. The molecule has 1 aliphatic carbocycles. The van der Waals surface area contributed by atoms with Gasteiger partial charge in [-0.05, 0) is 37.8 Å². The second kappa shape index (κ2) is 6.70. The molecule has 0 spiro atoms. The molecule has 1 aliphatic rings. The molecule has 0 unspecified atom stereocenters. The average molecular weight is 258 g/mol. The fraction of sp³-hybridized carbons (Fsp3) is 0.562. The second-order valence-corrected chi connectivity index (χ2v) is 5.32. The summed E-state index contributed by atoms with van der Waals surface area (Å²) >= 11 is 0. The summed E-state index contributed by atoms with van der Waals surface area (Å²) in [6, 6.07) is 13.2. The van der Waals surface area contributed by atoms with Crippen LogP contribution in [-0.2, 0) is 10.2 Å². The predicted molar refractivity (Wildman–Crippen MR) is 75.9 cm³/mol. The van der Waals surface area contributed by atoms with E-state index in [-0.39, 0.29) is 5.41 Å². The van der Waals surface area contributed by atoms with Crippen molar-refractivity contribution in [2.45, 2.75) is 37.1 Å². The van der Waals surface area contributed by atoms with Crippen molar-refractivity contribution in [3.05, 3.63) is 35.9 Å². The minimum atomic E-state index is -0.258. The highest BCUT2D eigenvalue weighted by Gasteiger charge is 2.45. The van der Waals surface area contributed by atoms with Crippen molar-refractivity contribution < 1.29 is 4.74 Å². The van der Waals surface area contributed by atoms with Crippen LogP contribution in [0.15, 0.2) is 30.3 Å². The molecule has 1 aromatic rings. The molecular formula is C16H22N2O. The number of nitrogens with one attached hydrogen (secondary N) is 1. The average Bonchev–Trinajstić information content (AvgIpc) is 2.42. The van der Waals surface area contributed by atoms with Crippen LogP contribution in [0.4, 0.5) is 0 Å². The number of rotatable bonds is 7. The number of unbranched alkanes of at least 4 members (excludes halogenated alkanes) is 1. The summed E-state index contributed by atoms with van der Waals surface area (Å²) in [7, 11) is 1.74. The number of hydrogen-bond acceptors (Lipinski definition) is 3. The molecule has 0 aliphatic heterocycles. The Bertz CT molecular complexity index is 418. The summed E-state index contributed by atoms with van der Waals surface area (Å²) in [5, 5.41) is 13.0. The fourth-order valence-corrected chi connectivity index (χ4v) is 2.75. The van der Waals surface area contributed by atoms with Gasteiger partial charge in [-0.15, -0.1) is 0 Å². The van der Waals surface area contributed by atoms with E-state index in [2.05, 4.69) is 23.5 Å². The van der Waals surface area contributed by atoms with E-state index < -0.39 is 0 Å². The van der Waals surface area contributed by atoms with Crippen LogP contribution in [0.25, 0.3) is 0 Å². The van der Waals surface area contributed by atoms with Crippen LogP contribution in [0.3, 0.4) is 0 Å². The van der Waals surface area contributed by atoms with Gasteiger partial charge < -0.3 is 10.1 Å². The van der Waals surface area contributed by atoms with Gasteiger partial charge in [-0.2, -0.15) is 5.26 Å². The van der Waals surface area contributed by atoms with Crippen molar-refractivity contribution in [2.24, 2.45) is 0 Å². The Kier molecular flexibility index (Phi) is 4.95. The normalized spacial score (nSPS) is 25.6. The van der Waals surface area contributed by atoms with Crippen LogP contribution in [0, 0.1) is 11.3 Å². The molecule has 0 atom stereocenters. The minimum Gasteiger partial charge on any atom is -0.385 e. The first-order valence-corrected chi connectivity index (χ1v) is 7.00. The molecule has 1 saturated carbocycles. The molecule has 1 fully saturated rings. The Morgan fingerprint density at radius 2 is 2.05 bits per heavy atom. The Morgan fingerprint density at radius 1 is 1.32 bits per heavy atom. The highest BCUT2D eigenvalue weighted by Crippen LogP contribution is 2.43. The third-order valence-electron chi connectivity index (χ3n) is 3.94. The molecule has 0 heterocycles. The number of nitriles is 1. The summed E-state index contributed by atoms with van der Waals surface area (Å²) < 4.78 is 5.03. The van der Waals surface area contributed by atoms with Crippen LogP contribution in [0.2, 0.25) is 0 Å². The first-order valence-electron chi connectivity index (χ1n) is 7.00. The van der Waals surface area contributed by atoms with Crippen molar-refractivity contribution in [3.8, 4) is 6.07 Å². The minimum absolute atomic E-state index is 0.258. The molecule has 0 radical (unpaired) electrons. The first-order chi connectivity index (χ1) is 9.30. The number of methoxy groups -OCH3 is 1. The van der Waals surface area contributed by atoms with Gasteiger partial charge in [0.2, 0.25) is 0 Å². The smallest absolute Gasteiger partial charge is 0.0852 e. The largest absolute Gasteiger partial charge is 0.385 e. The monoisotopic (exact) mass is 258 g/mol. The van der Waals surface area contributed by atoms with Gasteiger partial charge >= 0.3 is 0 Å². The van der Waals surface area contributed by atoms with Gasteiger partial charge in [-0.1, -0.05) is 30.3 Å². The first kappa shape index (κ1) is 14.0. The van der Waals surface area contributed by atoms with Gasteiger partial charge in [0.1, 0.15) is 0 Å². The molecule has 1 aromatic carbocycles. The molecule has 0 amide bonds. The number of ether oxygens (including phenoxy) is 1. The maximum absolute atomic E-state index is 9.45. The van der Waals surface area contributed by atoms with Crippen molar-refractivity contribution >= 4 is 0 Å². The Morgan fingerprint density at radius 3 is 2.68 bits per heavy atom. The van der Waals surface area contributed by atoms with E-state index in [1.807, 2.05) is 18.2 Å². The van der Waals surface area contributed by atoms with Gasteiger partial charge in [-0.25, -0.2) is 0 Å². The highest BCUT2D eigenvalue weighted by atomic mass is 16.5. The lowest BCUT2D eigenvalue weighted by Gasteiger charge is -2.43. The van der Waals surface area contributed by atoms with Gasteiger partial charge in [0.05, 0.1) is 11.5 Å².